The number of hydrogen-bond donors (Lipinski definition) is 1. The van der Waals surface area contributed by atoms with Crippen molar-refractivity contribution in [3.05, 3.63) is 66.0 Å². The second kappa shape index (κ2) is 8.78. The lowest BCUT2D eigenvalue weighted by molar-refractivity contribution is -0.208. The Bertz CT molecular complexity index is 1280. The fourth-order valence-electron chi connectivity index (χ4n) is 3.29. The molecule has 170 valence electrons. The van der Waals surface area contributed by atoms with E-state index in [2.05, 4.69) is 15.0 Å². The van der Waals surface area contributed by atoms with Crippen molar-refractivity contribution in [1.82, 2.24) is 15.0 Å². The summed E-state index contributed by atoms with van der Waals surface area (Å²) in [6.07, 6.45) is -1.73. The Hall–Kier alpha value is -3.53. The zero-order valence-electron chi connectivity index (χ0n) is 17.5. The molecule has 0 amide bonds. The first-order valence-corrected chi connectivity index (χ1v) is 11.0. The maximum atomic E-state index is 13.4. The van der Waals surface area contributed by atoms with Crippen molar-refractivity contribution in [2.75, 3.05) is 13.7 Å². The van der Waals surface area contributed by atoms with Gasteiger partial charge in [-0.25, -0.2) is 4.98 Å². The Labute approximate surface area is 192 Å². The van der Waals surface area contributed by atoms with Crippen molar-refractivity contribution < 1.29 is 27.7 Å². The summed E-state index contributed by atoms with van der Waals surface area (Å²) in [5.74, 6) is 1.88. The molecular formula is C23H19F2N3O4S. The molecule has 1 N–H and O–H groups in total. The highest BCUT2D eigenvalue weighted by Gasteiger charge is 2.38. The van der Waals surface area contributed by atoms with Crippen LogP contribution in [-0.4, -0.2) is 34.8 Å². The van der Waals surface area contributed by atoms with Crippen molar-refractivity contribution in [2.24, 2.45) is 0 Å². The normalized spacial score (nSPS) is 14.3. The Morgan fingerprint density at radius 2 is 1.97 bits per heavy atom. The van der Waals surface area contributed by atoms with Gasteiger partial charge in [-0.05, 0) is 5.56 Å². The summed E-state index contributed by atoms with van der Waals surface area (Å²) in [7, 11) is 1.57. The Morgan fingerprint density at radius 3 is 2.79 bits per heavy atom. The van der Waals surface area contributed by atoms with Crippen LogP contribution in [0, 0.1) is 0 Å². The van der Waals surface area contributed by atoms with E-state index in [1.165, 1.54) is 17.8 Å². The van der Waals surface area contributed by atoms with E-state index in [9.17, 15) is 8.78 Å². The highest BCUT2D eigenvalue weighted by molar-refractivity contribution is 7.98. The van der Waals surface area contributed by atoms with E-state index in [1.807, 2.05) is 36.4 Å². The first kappa shape index (κ1) is 21.3. The van der Waals surface area contributed by atoms with E-state index in [-0.39, 0.29) is 11.5 Å². The lowest BCUT2D eigenvalue weighted by Crippen LogP contribution is -2.35. The number of thioether (sulfide) groups is 1. The summed E-state index contributed by atoms with van der Waals surface area (Å²) >= 11 is 1.42. The van der Waals surface area contributed by atoms with Crippen molar-refractivity contribution in [3.63, 3.8) is 0 Å². The number of nitrogens with one attached hydrogen (secondary N) is 1. The topological polar surface area (TPSA) is 78.5 Å². The fraction of sp³-hybridized carbons (Fsp3) is 0.217. The number of pyridine rings is 1. The number of H-pyrrole nitrogens is 1. The van der Waals surface area contributed by atoms with Gasteiger partial charge in [-0.3, -0.25) is 4.98 Å². The van der Waals surface area contributed by atoms with Crippen LogP contribution in [0.3, 0.4) is 0 Å². The molecule has 10 heteroatoms. The molecule has 0 spiro atoms. The number of aromatic amines is 1. The average Bonchev–Trinajstić information content (AvgIpc) is 3.21. The molecule has 0 atom stereocenters. The minimum atomic E-state index is -3.35. The van der Waals surface area contributed by atoms with Crippen molar-refractivity contribution in [3.8, 4) is 23.0 Å². The highest BCUT2D eigenvalue weighted by atomic mass is 32.2. The van der Waals surface area contributed by atoms with E-state index in [0.29, 0.717) is 40.0 Å². The van der Waals surface area contributed by atoms with Crippen LogP contribution in [-0.2, 0) is 12.4 Å². The molecule has 33 heavy (non-hydrogen) atoms. The van der Waals surface area contributed by atoms with Crippen molar-refractivity contribution in [2.45, 2.75) is 23.6 Å². The van der Waals surface area contributed by atoms with Crippen LogP contribution >= 0.6 is 11.8 Å². The molecule has 2 aromatic heterocycles. The Balaban J connectivity index is 1.29. The number of rotatable bonds is 7. The number of benzene rings is 2. The van der Waals surface area contributed by atoms with Gasteiger partial charge in [-0.15, -0.1) is 0 Å². The largest absolute Gasteiger partial charge is 0.491 e. The lowest BCUT2D eigenvalue weighted by atomic mass is 10.2. The molecule has 3 heterocycles. The quantitative estimate of drug-likeness (QED) is 0.371. The third-order valence-electron chi connectivity index (χ3n) is 4.88. The Kier molecular flexibility index (Phi) is 5.67. The number of aromatic nitrogens is 3. The first-order chi connectivity index (χ1) is 16.0. The lowest BCUT2D eigenvalue weighted by Gasteiger charge is -2.25. The van der Waals surface area contributed by atoms with Crippen LogP contribution in [0.25, 0.3) is 11.0 Å². The third-order valence-corrected chi connectivity index (χ3v) is 5.79. The van der Waals surface area contributed by atoms with Crippen LogP contribution in [0.4, 0.5) is 8.78 Å². The number of methoxy groups -OCH3 is 1. The molecule has 1 aliphatic rings. The first-order valence-electron chi connectivity index (χ1n) is 10.0. The zero-order chi connectivity index (χ0) is 22.8. The maximum Gasteiger partial charge on any atom is 0.433 e. The highest BCUT2D eigenvalue weighted by Crippen LogP contribution is 2.39. The molecule has 1 aliphatic heterocycles. The summed E-state index contributed by atoms with van der Waals surface area (Å²) in [5, 5.41) is 0.614. The molecular weight excluding hydrogens is 452 g/mol. The molecule has 0 fully saturated rings. The minimum absolute atomic E-state index is 0.0176. The summed E-state index contributed by atoms with van der Waals surface area (Å²) in [6.45, 7) is -0.416. The molecule has 2 aromatic carbocycles. The third kappa shape index (κ3) is 4.80. The van der Waals surface area contributed by atoms with Crippen LogP contribution in [0.15, 0.2) is 59.9 Å². The summed E-state index contributed by atoms with van der Waals surface area (Å²) in [4.78, 5) is 12.0. The van der Waals surface area contributed by atoms with Gasteiger partial charge >= 0.3 is 6.11 Å². The average molecular weight is 471 g/mol. The predicted octanol–water partition coefficient (Wildman–Crippen LogP) is 5.20. The summed E-state index contributed by atoms with van der Waals surface area (Å²) in [6, 6.07) is 14.7. The van der Waals surface area contributed by atoms with E-state index >= 15 is 0 Å². The van der Waals surface area contributed by atoms with E-state index in [0.717, 1.165) is 11.3 Å². The number of hydrogen-bond acceptors (Lipinski definition) is 7. The number of imidazole rings is 1. The standard InChI is InChI=1S/C23H19F2N3O4S/c1-29-21-10-26-15(7-18(21)30-11-14-5-3-2-4-6-14)12-33-22-27-16-8-19-20(9-17(16)28-22)32-23(24,25)13-31-19/h2-10H,11-13H2,1H3,(H,27,28). The summed E-state index contributed by atoms with van der Waals surface area (Å²) < 4.78 is 48.0. The zero-order valence-corrected chi connectivity index (χ0v) is 18.3. The molecule has 5 rings (SSSR count). The number of fused-ring (bicyclic) bond motifs is 2. The van der Waals surface area contributed by atoms with Gasteiger partial charge in [0.2, 0.25) is 0 Å². The van der Waals surface area contributed by atoms with Crippen LogP contribution in [0.5, 0.6) is 23.0 Å². The predicted molar refractivity (Wildman–Crippen MR) is 118 cm³/mol. The molecule has 0 radical (unpaired) electrons. The molecule has 0 unspecified atom stereocenters. The Morgan fingerprint density at radius 1 is 1.12 bits per heavy atom. The van der Waals surface area contributed by atoms with E-state index in [1.54, 1.807) is 19.4 Å². The smallest absolute Gasteiger partial charge is 0.433 e. The van der Waals surface area contributed by atoms with E-state index < -0.39 is 12.7 Å². The van der Waals surface area contributed by atoms with Gasteiger partial charge in [0, 0.05) is 24.0 Å². The second-order valence-electron chi connectivity index (χ2n) is 7.28. The molecule has 7 nitrogen and oxygen atoms in total. The van der Waals surface area contributed by atoms with Gasteiger partial charge in [0.15, 0.2) is 34.8 Å². The minimum Gasteiger partial charge on any atom is -0.491 e. The summed E-state index contributed by atoms with van der Waals surface area (Å²) in [5.41, 5.74) is 2.99. The molecule has 4 aromatic rings. The number of ether oxygens (including phenoxy) is 4. The number of nitrogens with zero attached hydrogens (tertiary/aromatic N) is 2. The molecule has 0 saturated heterocycles. The van der Waals surface area contributed by atoms with Crippen LogP contribution in [0.2, 0.25) is 0 Å². The van der Waals surface area contributed by atoms with Gasteiger partial charge in [0.1, 0.15) is 6.61 Å². The van der Waals surface area contributed by atoms with Crippen LogP contribution in [0.1, 0.15) is 11.3 Å². The molecule has 0 aliphatic carbocycles. The van der Waals surface area contributed by atoms with Gasteiger partial charge < -0.3 is 23.9 Å². The van der Waals surface area contributed by atoms with Crippen molar-refractivity contribution in [1.29, 1.82) is 0 Å². The van der Waals surface area contributed by atoms with Crippen LogP contribution < -0.4 is 18.9 Å². The van der Waals surface area contributed by atoms with Gasteiger partial charge in [-0.2, -0.15) is 8.78 Å². The number of alkyl halides is 2. The number of halogens is 2. The molecule has 0 bridgehead atoms. The SMILES string of the molecule is COc1cnc(CSc2nc3cc4c(cc3[nH]2)OC(F)(F)CO4)cc1OCc1ccccc1. The van der Waals surface area contributed by atoms with Gasteiger partial charge in [0.25, 0.3) is 0 Å². The van der Waals surface area contributed by atoms with Gasteiger partial charge in [0.05, 0.1) is 30.0 Å². The monoisotopic (exact) mass is 471 g/mol. The van der Waals surface area contributed by atoms with E-state index in [4.69, 9.17) is 18.9 Å². The second-order valence-corrected chi connectivity index (χ2v) is 8.24. The molecule has 0 saturated carbocycles. The maximum absolute atomic E-state index is 13.4. The fourth-order valence-corrected chi connectivity index (χ4v) is 4.08. The van der Waals surface area contributed by atoms with Crippen molar-refractivity contribution >= 4 is 22.8 Å². The van der Waals surface area contributed by atoms with Gasteiger partial charge in [-0.1, -0.05) is 42.1 Å².